The fraction of sp³-hybridized carbons (Fsp3) is 0.579. The van der Waals surface area contributed by atoms with Gasteiger partial charge in [-0.15, -0.1) is 12.4 Å². The molecule has 1 aliphatic rings. The summed E-state index contributed by atoms with van der Waals surface area (Å²) in [5.74, 6) is 0.118. The number of hydrogen-bond acceptors (Lipinski definition) is 5. The van der Waals surface area contributed by atoms with Crippen molar-refractivity contribution in [2.24, 2.45) is 16.1 Å². The first-order chi connectivity index (χ1) is 12.6. The smallest absolute Gasteiger partial charge is 0.263 e. The first-order valence-corrected chi connectivity index (χ1v) is 10.7. The van der Waals surface area contributed by atoms with E-state index in [1.165, 1.54) is 0 Å². The molecule has 9 heteroatoms. The number of aliphatic imine (C=N–C) groups is 1. The van der Waals surface area contributed by atoms with E-state index in [-0.39, 0.29) is 34.5 Å². The van der Waals surface area contributed by atoms with Crippen LogP contribution in [0, 0.1) is 5.41 Å². The predicted molar refractivity (Wildman–Crippen MR) is 114 cm³/mol. The molecule has 2 rings (SSSR count). The summed E-state index contributed by atoms with van der Waals surface area (Å²) in [6.07, 6.45) is 2.32. The van der Waals surface area contributed by atoms with E-state index in [0.29, 0.717) is 25.1 Å². The minimum absolute atomic E-state index is 0. The van der Waals surface area contributed by atoms with Gasteiger partial charge in [0.15, 0.2) is 0 Å². The number of benzene rings is 1. The number of fused-ring (bicyclic) bond motifs is 1. The fourth-order valence-electron chi connectivity index (χ4n) is 3.07. The van der Waals surface area contributed by atoms with E-state index < -0.39 is 16.1 Å². The van der Waals surface area contributed by atoms with E-state index in [2.05, 4.69) is 9.71 Å². The lowest BCUT2D eigenvalue weighted by atomic mass is 9.93. The van der Waals surface area contributed by atoms with E-state index >= 15 is 0 Å². The van der Waals surface area contributed by atoms with E-state index in [9.17, 15) is 13.2 Å². The average Bonchev–Trinajstić information content (AvgIpc) is 2.88. The number of nitrogens with zero attached hydrogens (tertiary/aromatic N) is 2. The molecule has 1 aliphatic heterocycles. The van der Waals surface area contributed by atoms with Gasteiger partial charge in [0.25, 0.3) is 10.0 Å². The topological polar surface area (TPSA) is 105 Å². The summed E-state index contributed by atoms with van der Waals surface area (Å²) < 4.78 is 27.1. The average molecular weight is 431 g/mol. The number of halogens is 1. The van der Waals surface area contributed by atoms with Crippen molar-refractivity contribution in [1.29, 1.82) is 0 Å². The van der Waals surface area contributed by atoms with Gasteiger partial charge in [-0.25, -0.2) is 8.42 Å². The van der Waals surface area contributed by atoms with Crippen molar-refractivity contribution in [3.8, 4) is 0 Å². The Morgan fingerprint density at radius 1 is 1.32 bits per heavy atom. The standard InChI is InChI=1S/C19H30N4O3S.ClH/c1-5-6-10-15(18(24)23(4)13-19(2,3)12-20)21-17-14-9-7-8-11-16(14)27(25,26)22-17;/h7-9,11,15H,5-6,10,12-13,20H2,1-4H3,(H,21,22);1H. The molecule has 0 fully saturated rings. The molecular formula is C19H31ClN4O3S. The van der Waals surface area contributed by atoms with Gasteiger partial charge in [-0.1, -0.05) is 45.7 Å². The maximum absolute atomic E-state index is 13.0. The zero-order valence-corrected chi connectivity index (χ0v) is 18.6. The van der Waals surface area contributed by atoms with Crippen molar-refractivity contribution >= 4 is 34.2 Å². The lowest BCUT2D eigenvalue weighted by molar-refractivity contribution is -0.132. The zero-order chi connectivity index (χ0) is 20.2. The number of amides is 1. The number of unbranched alkanes of at least 4 members (excludes halogenated alkanes) is 1. The second-order valence-electron chi connectivity index (χ2n) is 7.80. The number of carbonyl (C=O) groups is 1. The normalized spacial score (nSPS) is 17.4. The van der Waals surface area contributed by atoms with Crippen LogP contribution in [0.5, 0.6) is 0 Å². The highest BCUT2D eigenvalue weighted by atomic mass is 35.5. The molecule has 1 unspecified atom stereocenters. The number of rotatable bonds is 8. The first-order valence-electron chi connectivity index (χ1n) is 9.26. The number of nitrogens with one attached hydrogen (secondary N) is 1. The molecular weight excluding hydrogens is 400 g/mol. The summed E-state index contributed by atoms with van der Waals surface area (Å²) in [7, 11) is -1.88. The monoisotopic (exact) mass is 430 g/mol. The lowest BCUT2D eigenvalue weighted by Gasteiger charge is -2.30. The third-order valence-corrected chi connectivity index (χ3v) is 6.05. The number of nitrogens with two attached hydrogens (primary N) is 1. The summed E-state index contributed by atoms with van der Waals surface area (Å²) in [6.45, 7) is 7.03. The van der Waals surface area contributed by atoms with Gasteiger partial charge in [-0.05, 0) is 30.5 Å². The molecule has 1 atom stereocenters. The number of sulfonamides is 1. The van der Waals surface area contributed by atoms with Crippen LogP contribution >= 0.6 is 12.4 Å². The van der Waals surface area contributed by atoms with Crippen LogP contribution in [0.2, 0.25) is 0 Å². The van der Waals surface area contributed by atoms with Crippen molar-refractivity contribution in [3.63, 3.8) is 0 Å². The minimum atomic E-state index is -3.62. The van der Waals surface area contributed by atoms with Crippen LogP contribution in [0.25, 0.3) is 0 Å². The second-order valence-corrected chi connectivity index (χ2v) is 9.45. The molecule has 1 amide bonds. The van der Waals surface area contributed by atoms with Crippen molar-refractivity contribution in [2.75, 3.05) is 20.1 Å². The largest absolute Gasteiger partial charge is 0.343 e. The first kappa shape index (κ1) is 24.4. The molecule has 7 nitrogen and oxygen atoms in total. The third kappa shape index (κ3) is 5.68. The highest BCUT2D eigenvalue weighted by Gasteiger charge is 2.33. The van der Waals surface area contributed by atoms with Gasteiger partial charge < -0.3 is 10.6 Å². The van der Waals surface area contributed by atoms with Crippen molar-refractivity contribution in [2.45, 2.75) is 51.0 Å². The van der Waals surface area contributed by atoms with Gasteiger partial charge in [0.05, 0.1) is 4.90 Å². The molecule has 0 aromatic heterocycles. The molecule has 158 valence electrons. The van der Waals surface area contributed by atoms with Crippen LogP contribution < -0.4 is 10.5 Å². The van der Waals surface area contributed by atoms with Crippen molar-refractivity contribution in [1.82, 2.24) is 9.62 Å². The van der Waals surface area contributed by atoms with E-state index in [0.717, 1.165) is 12.8 Å². The Bertz CT molecular complexity index is 824. The predicted octanol–water partition coefficient (Wildman–Crippen LogP) is 2.15. The summed E-state index contributed by atoms with van der Waals surface area (Å²) in [5.41, 5.74) is 6.09. The second kappa shape index (κ2) is 9.71. The van der Waals surface area contributed by atoms with Crippen molar-refractivity contribution < 1.29 is 13.2 Å². The molecule has 1 aromatic carbocycles. The van der Waals surface area contributed by atoms with Gasteiger partial charge in [-0.2, -0.15) is 0 Å². The fourth-order valence-corrected chi connectivity index (χ4v) is 4.30. The number of amidine groups is 1. The van der Waals surface area contributed by atoms with Crippen LogP contribution in [0.3, 0.4) is 0 Å². The van der Waals surface area contributed by atoms with Crippen LogP contribution in [-0.2, 0) is 14.8 Å². The molecule has 0 saturated carbocycles. The molecule has 0 spiro atoms. The summed E-state index contributed by atoms with van der Waals surface area (Å²) in [6, 6.07) is 6.04. The molecule has 1 aromatic rings. The molecule has 3 N–H and O–H groups in total. The maximum atomic E-state index is 13.0. The SMILES string of the molecule is CCCCC(N=C1NS(=O)(=O)c2ccccc21)C(=O)N(C)CC(C)(C)CN.Cl. The van der Waals surface area contributed by atoms with Crippen molar-refractivity contribution in [3.05, 3.63) is 29.8 Å². The lowest BCUT2D eigenvalue weighted by Crippen LogP contribution is -2.44. The van der Waals surface area contributed by atoms with Crippen LogP contribution in [0.4, 0.5) is 0 Å². The zero-order valence-electron chi connectivity index (χ0n) is 16.9. The number of hydrogen-bond donors (Lipinski definition) is 2. The van der Waals surface area contributed by atoms with Gasteiger partial charge in [0.2, 0.25) is 5.91 Å². The summed E-state index contributed by atoms with van der Waals surface area (Å²) in [5, 5.41) is 0. The Hall–Kier alpha value is -1.64. The highest BCUT2D eigenvalue weighted by Crippen LogP contribution is 2.24. The molecule has 0 radical (unpaired) electrons. The highest BCUT2D eigenvalue weighted by molar-refractivity contribution is 7.90. The Morgan fingerprint density at radius 3 is 2.57 bits per heavy atom. The quantitative estimate of drug-likeness (QED) is 0.659. The van der Waals surface area contributed by atoms with Gasteiger partial charge in [-0.3, -0.25) is 14.5 Å². The van der Waals surface area contributed by atoms with E-state index in [1.54, 1.807) is 36.2 Å². The van der Waals surface area contributed by atoms with Gasteiger partial charge in [0, 0.05) is 19.2 Å². The molecule has 0 aliphatic carbocycles. The van der Waals surface area contributed by atoms with E-state index in [4.69, 9.17) is 5.73 Å². The van der Waals surface area contributed by atoms with Gasteiger partial charge >= 0.3 is 0 Å². The van der Waals surface area contributed by atoms with Crippen LogP contribution in [-0.4, -0.2) is 51.2 Å². The third-order valence-electron chi connectivity index (χ3n) is 4.66. The Kier molecular flexibility index (Phi) is 8.46. The van der Waals surface area contributed by atoms with Crippen LogP contribution in [0.15, 0.2) is 34.2 Å². The van der Waals surface area contributed by atoms with Gasteiger partial charge in [0.1, 0.15) is 11.9 Å². The minimum Gasteiger partial charge on any atom is -0.343 e. The van der Waals surface area contributed by atoms with E-state index in [1.807, 2.05) is 20.8 Å². The number of carbonyl (C=O) groups excluding carboxylic acids is 1. The summed E-state index contributed by atoms with van der Waals surface area (Å²) in [4.78, 5) is 19.4. The Balaban J connectivity index is 0.00000392. The van der Waals surface area contributed by atoms with Crippen LogP contribution in [0.1, 0.15) is 45.6 Å². The Labute approximate surface area is 174 Å². The molecule has 0 bridgehead atoms. The molecule has 1 heterocycles. The Morgan fingerprint density at radius 2 is 1.96 bits per heavy atom. The molecule has 28 heavy (non-hydrogen) atoms. The number of likely N-dealkylation sites (N-methyl/N-ethyl adjacent to an activating group) is 1. The molecule has 0 saturated heterocycles. The summed E-state index contributed by atoms with van der Waals surface area (Å²) >= 11 is 0. The maximum Gasteiger partial charge on any atom is 0.263 e.